The molecule has 0 aliphatic carbocycles. The molecule has 1 aromatic rings. The first-order valence-corrected chi connectivity index (χ1v) is 10.3. The molecule has 1 spiro atoms. The monoisotopic (exact) mass is 351 g/mol. The van der Waals surface area contributed by atoms with Crippen molar-refractivity contribution in [1.82, 2.24) is 9.62 Å². The van der Waals surface area contributed by atoms with Crippen molar-refractivity contribution >= 4 is 15.7 Å². The molecule has 0 amide bonds. The quantitative estimate of drug-likeness (QED) is 0.835. The van der Waals surface area contributed by atoms with E-state index in [1.54, 1.807) is 4.31 Å². The summed E-state index contributed by atoms with van der Waals surface area (Å²) in [4.78, 5) is 1.90. The highest BCUT2D eigenvalue weighted by atomic mass is 32.2. The van der Waals surface area contributed by atoms with Gasteiger partial charge in [0.2, 0.25) is 10.0 Å². The summed E-state index contributed by atoms with van der Waals surface area (Å²) >= 11 is 0. The smallest absolute Gasteiger partial charge is 0.218 e. The van der Waals surface area contributed by atoms with Crippen LogP contribution in [0.15, 0.2) is 18.2 Å². The topological polar surface area (TPSA) is 72.9 Å². The van der Waals surface area contributed by atoms with Gasteiger partial charge in [0, 0.05) is 32.4 Å². The number of hydrogen-bond acceptors (Lipinski definition) is 5. The van der Waals surface area contributed by atoms with Gasteiger partial charge < -0.3 is 15.3 Å². The Labute approximate surface area is 143 Å². The summed E-state index contributed by atoms with van der Waals surface area (Å²) in [5, 5.41) is 14.1. The van der Waals surface area contributed by atoms with E-state index in [-0.39, 0.29) is 11.2 Å². The van der Waals surface area contributed by atoms with Crippen molar-refractivity contribution in [1.29, 1.82) is 0 Å². The molecule has 0 aromatic heterocycles. The van der Waals surface area contributed by atoms with Crippen molar-refractivity contribution in [2.75, 3.05) is 38.1 Å². The zero-order chi connectivity index (χ0) is 16.9. The zero-order valence-corrected chi connectivity index (χ0v) is 14.8. The van der Waals surface area contributed by atoms with Gasteiger partial charge in [-0.05, 0) is 43.0 Å². The van der Waals surface area contributed by atoms with Crippen molar-refractivity contribution in [2.24, 2.45) is 0 Å². The van der Waals surface area contributed by atoms with E-state index in [4.69, 9.17) is 0 Å². The molecule has 132 valence electrons. The third-order valence-electron chi connectivity index (χ3n) is 5.83. The molecule has 0 saturated carbocycles. The number of likely N-dealkylation sites (N-methyl/N-ethyl adjacent to an activating group) is 1. The number of hydrogen-bond donors (Lipinski definition) is 2. The normalized spacial score (nSPS) is 30.4. The zero-order valence-electron chi connectivity index (χ0n) is 14.0. The van der Waals surface area contributed by atoms with Gasteiger partial charge in [-0.1, -0.05) is 12.1 Å². The van der Waals surface area contributed by atoms with Crippen molar-refractivity contribution in [3.8, 4) is 0 Å². The van der Waals surface area contributed by atoms with Gasteiger partial charge >= 0.3 is 0 Å². The van der Waals surface area contributed by atoms with Crippen LogP contribution in [-0.2, 0) is 21.2 Å². The largest absolute Gasteiger partial charge is 0.373 e. The minimum atomic E-state index is -3.25. The number of benzene rings is 1. The molecule has 24 heavy (non-hydrogen) atoms. The Balaban J connectivity index is 1.67. The molecular weight excluding hydrogens is 326 g/mol. The van der Waals surface area contributed by atoms with Crippen LogP contribution in [-0.4, -0.2) is 57.3 Å². The Hall–Kier alpha value is -1.15. The van der Waals surface area contributed by atoms with Crippen LogP contribution in [0, 0.1) is 0 Å². The van der Waals surface area contributed by atoms with Crippen LogP contribution in [0.4, 0.5) is 5.69 Å². The molecule has 2 saturated heterocycles. The van der Waals surface area contributed by atoms with Crippen LogP contribution in [0.1, 0.15) is 30.4 Å². The van der Waals surface area contributed by atoms with Gasteiger partial charge in [0.15, 0.2) is 0 Å². The van der Waals surface area contributed by atoms with E-state index >= 15 is 0 Å². The van der Waals surface area contributed by atoms with Gasteiger partial charge in [-0.2, -0.15) is 0 Å². The maximum atomic E-state index is 12.6. The average molecular weight is 351 g/mol. The molecule has 3 aliphatic heterocycles. The summed E-state index contributed by atoms with van der Waals surface area (Å²) in [7, 11) is -1.35. The molecule has 2 fully saturated rings. The Bertz CT molecular complexity index is 737. The number of rotatable bonds is 3. The highest BCUT2D eigenvalue weighted by molar-refractivity contribution is 7.88. The highest BCUT2D eigenvalue weighted by Gasteiger charge is 2.51. The molecule has 0 radical (unpaired) electrons. The second-order valence-electron chi connectivity index (χ2n) is 7.28. The number of anilines is 1. The summed E-state index contributed by atoms with van der Waals surface area (Å²) in [5.41, 5.74) is 2.58. The molecule has 0 bridgehead atoms. The minimum absolute atomic E-state index is 0.0452. The van der Waals surface area contributed by atoms with Gasteiger partial charge in [-0.15, -0.1) is 0 Å². The summed E-state index contributed by atoms with van der Waals surface area (Å²) in [5.74, 6) is 0.0452. The second-order valence-corrected chi connectivity index (χ2v) is 9.25. The van der Waals surface area contributed by atoms with Crippen molar-refractivity contribution in [2.45, 2.75) is 36.7 Å². The third kappa shape index (κ3) is 2.37. The number of aliphatic hydroxyl groups excluding tert-OH is 1. The average Bonchev–Trinajstić information content (AvgIpc) is 3.28. The van der Waals surface area contributed by atoms with E-state index in [0.29, 0.717) is 13.1 Å². The second kappa shape index (κ2) is 5.69. The van der Waals surface area contributed by atoms with Crippen LogP contribution >= 0.6 is 0 Å². The first kappa shape index (κ1) is 16.3. The lowest BCUT2D eigenvalue weighted by Crippen LogP contribution is -2.44. The molecule has 4 rings (SSSR count). The number of nitrogens with zero attached hydrogens (tertiary/aromatic N) is 2. The fourth-order valence-electron chi connectivity index (χ4n) is 4.45. The Kier molecular flexibility index (Phi) is 3.87. The van der Waals surface area contributed by atoms with Crippen molar-refractivity contribution < 1.29 is 13.5 Å². The Morgan fingerprint density at radius 1 is 1.33 bits per heavy atom. The van der Waals surface area contributed by atoms with Crippen molar-refractivity contribution in [3.05, 3.63) is 29.3 Å². The molecule has 6 nitrogen and oxygen atoms in total. The predicted octanol–water partition coefficient (Wildman–Crippen LogP) is 0.611. The fourth-order valence-corrected chi connectivity index (χ4v) is 6.05. The minimum Gasteiger partial charge on any atom is -0.373 e. The fraction of sp³-hybridized carbons (Fsp3) is 0.647. The van der Waals surface area contributed by atoms with Crippen LogP contribution in [0.5, 0.6) is 0 Å². The van der Waals surface area contributed by atoms with Crippen LogP contribution in [0.25, 0.3) is 0 Å². The first-order chi connectivity index (χ1) is 11.4. The maximum absolute atomic E-state index is 12.6. The van der Waals surface area contributed by atoms with Gasteiger partial charge in [0.1, 0.15) is 6.23 Å². The first-order valence-electron chi connectivity index (χ1n) is 8.67. The van der Waals surface area contributed by atoms with Crippen LogP contribution in [0.3, 0.4) is 0 Å². The van der Waals surface area contributed by atoms with Gasteiger partial charge in [-0.3, -0.25) is 0 Å². The molecule has 2 N–H and O–H groups in total. The van der Waals surface area contributed by atoms with Gasteiger partial charge in [0.05, 0.1) is 11.2 Å². The van der Waals surface area contributed by atoms with E-state index in [2.05, 4.69) is 5.32 Å². The SMILES string of the molecule is CN1c2ccc(CS(=O)(=O)N3CCCC3)cc2C2(CCNC2)C1O. The van der Waals surface area contributed by atoms with Crippen molar-refractivity contribution in [3.63, 3.8) is 0 Å². The van der Waals surface area contributed by atoms with E-state index < -0.39 is 16.3 Å². The Morgan fingerprint density at radius 2 is 2.08 bits per heavy atom. The van der Waals surface area contributed by atoms with E-state index in [0.717, 1.165) is 49.2 Å². The third-order valence-corrected chi connectivity index (χ3v) is 7.68. The standard InChI is InChI=1S/C17H25N3O3S/c1-19-15-5-4-13(11-24(22,23)20-8-2-3-9-20)10-14(15)17(16(19)21)6-7-18-12-17/h4-5,10,16,18,21H,2-3,6-9,11-12H2,1H3. The molecule has 1 aromatic carbocycles. The summed E-state index contributed by atoms with van der Waals surface area (Å²) in [6, 6.07) is 5.85. The van der Waals surface area contributed by atoms with E-state index in [1.807, 2.05) is 30.1 Å². The predicted molar refractivity (Wildman–Crippen MR) is 93.4 cm³/mol. The molecule has 2 atom stereocenters. The van der Waals surface area contributed by atoms with E-state index in [1.165, 1.54) is 0 Å². The summed E-state index contributed by atoms with van der Waals surface area (Å²) < 4.78 is 26.8. The van der Waals surface area contributed by atoms with Gasteiger partial charge in [0.25, 0.3) is 0 Å². The molecule has 3 aliphatic rings. The lowest BCUT2D eigenvalue weighted by Gasteiger charge is -2.30. The van der Waals surface area contributed by atoms with E-state index in [9.17, 15) is 13.5 Å². The number of sulfonamides is 1. The Morgan fingerprint density at radius 3 is 2.75 bits per heavy atom. The molecule has 3 heterocycles. The summed E-state index contributed by atoms with van der Waals surface area (Å²) in [6.45, 7) is 2.89. The number of nitrogens with one attached hydrogen (secondary N) is 1. The summed E-state index contributed by atoms with van der Waals surface area (Å²) in [6.07, 6.45) is 2.21. The lowest BCUT2D eigenvalue weighted by molar-refractivity contribution is 0.104. The molecule has 2 unspecified atom stereocenters. The molecular formula is C17H25N3O3S. The molecule has 7 heteroatoms. The number of fused-ring (bicyclic) bond motifs is 2. The lowest BCUT2D eigenvalue weighted by atomic mass is 9.79. The van der Waals surface area contributed by atoms with Crippen LogP contribution < -0.4 is 10.2 Å². The van der Waals surface area contributed by atoms with Crippen LogP contribution in [0.2, 0.25) is 0 Å². The highest BCUT2D eigenvalue weighted by Crippen LogP contribution is 2.47. The maximum Gasteiger partial charge on any atom is 0.218 e. The van der Waals surface area contributed by atoms with Gasteiger partial charge in [-0.25, -0.2) is 12.7 Å². The number of aliphatic hydroxyl groups is 1.